The standard InChI is InChI=1S/C25H29NOSi/c1-20-19-22(26-15-17-27-18-16-26)13-14-25(20)21(2)28(23-9-5-3-6-10-23)24-11-7-4-8-12-24/h3-14,19,21,28H,15-18H2,1-2H3/t21-/m1/s1. The van der Waals surface area contributed by atoms with E-state index >= 15 is 0 Å². The van der Waals surface area contributed by atoms with Crippen LogP contribution in [0.4, 0.5) is 5.69 Å². The zero-order valence-electron chi connectivity index (χ0n) is 16.8. The molecule has 0 unspecified atom stereocenters. The predicted octanol–water partition coefficient (Wildman–Crippen LogP) is 3.52. The molecule has 144 valence electrons. The molecule has 3 aromatic rings. The second-order valence-corrected chi connectivity index (χ2v) is 11.0. The lowest BCUT2D eigenvalue weighted by molar-refractivity contribution is 0.122. The van der Waals surface area contributed by atoms with Crippen molar-refractivity contribution < 1.29 is 4.74 Å². The van der Waals surface area contributed by atoms with Gasteiger partial charge in [0.1, 0.15) is 8.80 Å². The Morgan fingerprint density at radius 2 is 1.39 bits per heavy atom. The third kappa shape index (κ3) is 4.06. The second kappa shape index (κ2) is 8.76. The molecule has 1 fully saturated rings. The van der Waals surface area contributed by atoms with Gasteiger partial charge in [0.15, 0.2) is 0 Å². The van der Waals surface area contributed by atoms with E-state index in [-0.39, 0.29) is 0 Å². The van der Waals surface area contributed by atoms with E-state index in [0.29, 0.717) is 5.54 Å². The van der Waals surface area contributed by atoms with Crippen molar-refractivity contribution in [2.45, 2.75) is 19.4 Å². The van der Waals surface area contributed by atoms with Crippen LogP contribution >= 0.6 is 0 Å². The number of rotatable bonds is 5. The third-order valence-corrected chi connectivity index (χ3v) is 9.50. The van der Waals surface area contributed by atoms with E-state index in [9.17, 15) is 0 Å². The van der Waals surface area contributed by atoms with E-state index < -0.39 is 8.80 Å². The molecular formula is C25H29NOSi. The van der Waals surface area contributed by atoms with Crippen molar-refractivity contribution in [2.24, 2.45) is 0 Å². The number of hydrogen-bond donors (Lipinski definition) is 0. The fourth-order valence-electron chi connectivity index (χ4n) is 4.46. The monoisotopic (exact) mass is 387 g/mol. The average Bonchev–Trinajstić information content (AvgIpc) is 2.76. The molecule has 0 N–H and O–H groups in total. The minimum atomic E-state index is -1.38. The Hall–Kier alpha value is -2.36. The van der Waals surface area contributed by atoms with Crippen LogP contribution in [0.3, 0.4) is 0 Å². The Labute approximate surface area is 170 Å². The quantitative estimate of drug-likeness (QED) is 0.621. The van der Waals surface area contributed by atoms with Crippen LogP contribution in [0.25, 0.3) is 0 Å². The molecule has 0 spiro atoms. The molecule has 3 heteroatoms. The number of nitrogens with zero attached hydrogens (tertiary/aromatic N) is 1. The molecule has 2 nitrogen and oxygen atoms in total. The van der Waals surface area contributed by atoms with Crippen molar-refractivity contribution in [3.63, 3.8) is 0 Å². The Balaban J connectivity index is 1.68. The Morgan fingerprint density at radius 3 is 1.93 bits per heavy atom. The number of morpholine rings is 1. The molecule has 0 amide bonds. The molecule has 1 atom stereocenters. The molecular weight excluding hydrogens is 358 g/mol. The molecule has 0 saturated carbocycles. The van der Waals surface area contributed by atoms with Gasteiger partial charge in [0.2, 0.25) is 0 Å². The zero-order chi connectivity index (χ0) is 19.3. The van der Waals surface area contributed by atoms with E-state index in [4.69, 9.17) is 4.74 Å². The number of benzene rings is 3. The van der Waals surface area contributed by atoms with Crippen LogP contribution in [-0.2, 0) is 4.74 Å². The smallest absolute Gasteiger partial charge is 0.110 e. The largest absolute Gasteiger partial charge is 0.378 e. The Morgan fingerprint density at radius 1 is 0.821 bits per heavy atom. The highest BCUT2D eigenvalue weighted by atomic mass is 28.3. The topological polar surface area (TPSA) is 12.5 Å². The van der Waals surface area contributed by atoms with Crippen LogP contribution in [-0.4, -0.2) is 35.1 Å². The number of aryl methyl sites for hydroxylation is 1. The van der Waals surface area contributed by atoms with Crippen molar-refractivity contribution >= 4 is 24.9 Å². The predicted molar refractivity (Wildman–Crippen MR) is 122 cm³/mol. The molecule has 0 bridgehead atoms. The summed E-state index contributed by atoms with van der Waals surface area (Å²) in [4.78, 5) is 2.44. The minimum absolute atomic E-state index is 0.531. The summed E-state index contributed by atoms with van der Waals surface area (Å²) in [5.74, 6) is 0. The molecule has 1 aliphatic rings. The zero-order valence-corrected chi connectivity index (χ0v) is 18.0. The van der Waals surface area contributed by atoms with Gasteiger partial charge < -0.3 is 9.64 Å². The minimum Gasteiger partial charge on any atom is -0.378 e. The fourth-order valence-corrected chi connectivity index (χ4v) is 8.01. The summed E-state index contributed by atoms with van der Waals surface area (Å²) < 4.78 is 5.51. The van der Waals surface area contributed by atoms with Crippen LogP contribution in [0, 0.1) is 6.92 Å². The van der Waals surface area contributed by atoms with Crippen LogP contribution < -0.4 is 15.3 Å². The first kappa shape index (κ1) is 19.0. The highest BCUT2D eigenvalue weighted by Gasteiger charge is 2.26. The van der Waals surface area contributed by atoms with Crippen LogP contribution in [0.5, 0.6) is 0 Å². The third-order valence-electron chi connectivity index (χ3n) is 5.94. The van der Waals surface area contributed by atoms with Crippen molar-refractivity contribution in [2.75, 3.05) is 31.2 Å². The number of ether oxygens (including phenoxy) is 1. The molecule has 1 aliphatic heterocycles. The first-order valence-corrected chi connectivity index (χ1v) is 12.1. The van der Waals surface area contributed by atoms with Gasteiger partial charge in [-0.25, -0.2) is 0 Å². The first-order valence-electron chi connectivity index (χ1n) is 10.3. The maximum atomic E-state index is 5.51. The van der Waals surface area contributed by atoms with Crippen molar-refractivity contribution in [1.82, 2.24) is 0 Å². The number of anilines is 1. The van der Waals surface area contributed by atoms with E-state index in [1.54, 1.807) is 0 Å². The maximum absolute atomic E-state index is 5.51. The molecule has 1 heterocycles. The van der Waals surface area contributed by atoms with Crippen molar-refractivity contribution in [3.8, 4) is 0 Å². The van der Waals surface area contributed by atoms with E-state index in [1.165, 1.54) is 27.2 Å². The summed E-state index contributed by atoms with van der Waals surface area (Å²) in [6.07, 6.45) is 0. The molecule has 0 aliphatic carbocycles. The van der Waals surface area contributed by atoms with Gasteiger partial charge in [-0.15, -0.1) is 0 Å². The highest BCUT2D eigenvalue weighted by molar-refractivity contribution is 6.86. The normalized spacial score (nSPS) is 15.6. The molecule has 0 radical (unpaired) electrons. The van der Waals surface area contributed by atoms with Gasteiger partial charge >= 0.3 is 0 Å². The van der Waals surface area contributed by atoms with E-state index in [1.807, 2.05) is 0 Å². The second-order valence-electron chi connectivity index (χ2n) is 7.73. The molecule has 4 rings (SSSR count). The van der Waals surface area contributed by atoms with Crippen LogP contribution in [0.2, 0.25) is 0 Å². The number of hydrogen-bond acceptors (Lipinski definition) is 2. The average molecular weight is 388 g/mol. The lowest BCUT2D eigenvalue weighted by Crippen LogP contribution is -2.46. The van der Waals surface area contributed by atoms with E-state index in [0.717, 1.165) is 26.3 Å². The molecule has 1 saturated heterocycles. The fraction of sp³-hybridized carbons (Fsp3) is 0.280. The lowest BCUT2D eigenvalue weighted by Gasteiger charge is -2.30. The lowest BCUT2D eigenvalue weighted by atomic mass is 10.0. The van der Waals surface area contributed by atoms with E-state index in [2.05, 4.69) is 97.6 Å². The van der Waals surface area contributed by atoms with Gasteiger partial charge in [-0.3, -0.25) is 0 Å². The van der Waals surface area contributed by atoms with Crippen molar-refractivity contribution in [1.29, 1.82) is 0 Å². The molecule has 28 heavy (non-hydrogen) atoms. The highest BCUT2D eigenvalue weighted by Crippen LogP contribution is 2.27. The summed E-state index contributed by atoms with van der Waals surface area (Å²) in [5, 5.41) is 3.02. The first-order chi connectivity index (χ1) is 13.7. The van der Waals surface area contributed by atoms with Gasteiger partial charge in [-0.05, 0) is 35.7 Å². The van der Waals surface area contributed by atoms with Crippen molar-refractivity contribution in [3.05, 3.63) is 90.0 Å². The Kier molecular flexibility index (Phi) is 5.94. The maximum Gasteiger partial charge on any atom is 0.110 e. The summed E-state index contributed by atoms with van der Waals surface area (Å²) >= 11 is 0. The van der Waals surface area contributed by atoms with Gasteiger partial charge in [0, 0.05) is 18.8 Å². The van der Waals surface area contributed by atoms with Gasteiger partial charge in [-0.2, -0.15) is 0 Å². The summed E-state index contributed by atoms with van der Waals surface area (Å²) in [6.45, 7) is 8.33. The SMILES string of the molecule is Cc1cc(N2CCOCC2)ccc1[C@@H](C)[SiH](c1ccccc1)c1ccccc1. The van der Waals surface area contributed by atoms with Gasteiger partial charge in [-0.1, -0.05) is 84.0 Å². The summed E-state index contributed by atoms with van der Waals surface area (Å²) in [6, 6.07) is 29.3. The summed E-state index contributed by atoms with van der Waals surface area (Å²) in [7, 11) is -1.38. The molecule has 0 aromatic heterocycles. The summed E-state index contributed by atoms with van der Waals surface area (Å²) in [5.41, 5.74) is 4.75. The van der Waals surface area contributed by atoms with Gasteiger partial charge in [0.25, 0.3) is 0 Å². The van der Waals surface area contributed by atoms with Gasteiger partial charge in [0.05, 0.1) is 13.2 Å². The Bertz CT molecular complexity index is 851. The molecule has 3 aromatic carbocycles. The van der Waals surface area contributed by atoms with Crippen LogP contribution in [0.1, 0.15) is 23.6 Å². The van der Waals surface area contributed by atoms with Crippen LogP contribution in [0.15, 0.2) is 78.9 Å².